The maximum Gasteiger partial charge on any atom is 0.259 e. The lowest BCUT2D eigenvalue weighted by atomic mass is 10.0. The highest BCUT2D eigenvalue weighted by molar-refractivity contribution is 6.14. The molecule has 0 spiro atoms. The van der Waals surface area contributed by atoms with Crippen LogP contribution < -0.4 is 5.32 Å². The molecule has 4 aromatic rings. The van der Waals surface area contributed by atoms with Crippen molar-refractivity contribution in [1.29, 1.82) is 0 Å². The summed E-state index contributed by atoms with van der Waals surface area (Å²) in [6.45, 7) is 4.77. The number of nitrogens with zero attached hydrogens (tertiary/aromatic N) is 4. The Morgan fingerprint density at radius 1 is 1.28 bits per heavy atom. The van der Waals surface area contributed by atoms with E-state index in [1.165, 1.54) is 0 Å². The third-order valence-electron chi connectivity index (χ3n) is 5.25. The summed E-state index contributed by atoms with van der Waals surface area (Å²) in [6.07, 6.45) is 5.63. The summed E-state index contributed by atoms with van der Waals surface area (Å²) < 4.78 is 7.33. The molecule has 5 rings (SSSR count). The Morgan fingerprint density at radius 2 is 2.07 bits per heavy atom. The van der Waals surface area contributed by atoms with Crippen molar-refractivity contribution in [3.05, 3.63) is 59.5 Å². The maximum absolute atomic E-state index is 13.2. The monoisotopic (exact) mass is 387 g/mol. The van der Waals surface area contributed by atoms with Crippen molar-refractivity contribution in [3.63, 3.8) is 0 Å². The lowest BCUT2D eigenvalue weighted by molar-refractivity contribution is 0.102. The minimum Gasteiger partial charge on any atom is -0.335 e. The number of pyridine rings is 1. The van der Waals surface area contributed by atoms with E-state index in [1.54, 1.807) is 10.9 Å². The number of aromatic nitrogens is 4. The zero-order valence-corrected chi connectivity index (χ0v) is 16.3. The molecule has 1 aliphatic rings. The topological polar surface area (TPSA) is 85.8 Å². The molecule has 146 valence electrons. The van der Waals surface area contributed by atoms with Crippen LogP contribution in [0.25, 0.3) is 22.4 Å². The molecule has 1 aliphatic carbocycles. The van der Waals surface area contributed by atoms with Gasteiger partial charge in [-0.25, -0.2) is 4.98 Å². The maximum atomic E-state index is 13.2. The lowest BCUT2D eigenvalue weighted by Crippen LogP contribution is -2.13. The van der Waals surface area contributed by atoms with Crippen LogP contribution in [0.4, 0.5) is 5.69 Å². The average Bonchev–Trinajstić information content (AvgIpc) is 3.34. The number of rotatable bonds is 5. The van der Waals surface area contributed by atoms with Gasteiger partial charge in [-0.05, 0) is 32.8 Å². The van der Waals surface area contributed by atoms with E-state index < -0.39 is 0 Å². The van der Waals surface area contributed by atoms with Gasteiger partial charge in [0.05, 0.1) is 22.8 Å². The smallest absolute Gasteiger partial charge is 0.259 e. The molecule has 1 saturated carbocycles. The largest absolute Gasteiger partial charge is 0.335 e. The van der Waals surface area contributed by atoms with Crippen molar-refractivity contribution in [3.8, 4) is 11.3 Å². The predicted octanol–water partition coefficient (Wildman–Crippen LogP) is 4.54. The van der Waals surface area contributed by atoms with Crippen molar-refractivity contribution in [2.24, 2.45) is 0 Å². The molecule has 0 radical (unpaired) electrons. The van der Waals surface area contributed by atoms with E-state index >= 15 is 0 Å². The molecule has 0 unspecified atom stereocenters. The Balaban J connectivity index is 1.61. The van der Waals surface area contributed by atoms with Gasteiger partial charge >= 0.3 is 0 Å². The van der Waals surface area contributed by atoms with Crippen LogP contribution in [0.15, 0.2) is 47.2 Å². The second-order valence-corrected chi connectivity index (χ2v) is 7.49. The molecule has 1 amide bonds. The second kappa shape index (κ2) is 6.84. The number of hydrogen-bond acceptors (Lipinski definition) is 5. The quantitative estimate of drug-likeness (QED) is 0.543. The molecule has 7 heteroatoms. The zero-order chi connectivity index (χ0) is 20.0. The molecule has 0 bridgehead atoms. The van der Waals surface area contributed by atoms with Gasteiger partial charge in [0, 0.05) is 29.9 Å². The van der Waals surface area contributed by atoms with Crippen LogP contribution in [0.2, 0.25) is 0 Å². The predicted molar refractivity (Wildman–Crippen MR) is 110 cm³/mol. The fraction of sp³-hybridized carbons (Fsp3) is 0.273. The molecule has 29 heavy (non-hydrogen) atoms. The summed E-state index contributed by atoms with van der Waals surface area (Å²) >= 11 is 0. The van der Waals surface area contributed by atoms with Crippen LogP contribution in [-0.2, 0) is 6.54 Å². The first kappa shape index (κ1) is 17.6. The highest BCUT2D eigenvalue weighted by Crippen LogP contribution is 2.41. The number of benzene rings is 1. The first-order chi connectivity index (χ1) is 14.1. The van der Waals surface area contributed by atoms with Gasteiger partial charge in [-0.1, -0.05) is 35.0 Å². The number of carbonyl (C=O) groups excluding carboxylic acids is 1. The van der Waals surface area contributed by atoms with E-state index in [2.05, 4.69) is 20.6 Å². The van der Waals surface area contributed by atoms with Gasteiger partial charge < -0.3 is 9.84 Å². The van der Waals surface area contributed by atoms with Gasteiger partial charge in [-0.3, -0.25) is 9.48 Å². The number of nitrogens with one attached hydrogen (secondary N) is 1. The molecular weight excluding hydrogens is 366 g/mol. The minimum atomic E-state index is -0.216. The van der Waals surface area contributed by atoms with Crippen LogP contribution in [0.5, 0.6) is 0 Å². The molecule has 3 aromatic heterocycles. The minimum absolute atomic E-state index is 0.216. The molecule has 1 fully saturated rings. The number of hydrogen-bond donors (Lipinski definition) is 1. The number of anilines is 1. The SMILES string of the molecule is CCn1cc(NC(=O)c2cc(C3CC3)nc3onc(-c4ccc(C)cc4)c23)cn1. The standard InChI is InChI=1S/C22H21N5O2/c1-3-27-12-16(11-23-27)24-21(28)17-10-18(14-8-9-14)25-22-19(17)20(26-29-22)15-6-4-13(2)5-7-15/h4-7,10-12,14H,3,8-9H2,1-2H3,(H,24,28). The Kier molecular flexibility index (Phi) is 4.16. The highest BCUT2D eigenvalue weighted by Gasteiger charge is 2.29. The van der Waals surface area contributed by atoms with Crippen molar-refractivity contribution in [1.82, 2.24) is 19.9 Å². The zero-order valence-electron chi connectivity index (χ0n) is 16.3. The fourth-order valence-electron chi connectivity index (χ4n) is 3.45. The van der Waals surface area contributed by atoms with Crippen LogP contribution in [0, 0.1) is 6.92 Å². The van der Waals surface area contributed by atoms with Crippen LogP contribution in [0.1, 0.15) is 47.3 Å². The van der Waals surface area contributed by atoms with E-state index in [-0.39, 0.29) is 5.91 Å². The summed E-state index contributed by atoms with van der Waals surface area (Å²) in [5.41, 5.74) is 5.15. The first-order valence-electron chi connectivity index (χ1n) is 9.83. The van der Waals surface area contributed by atoms with Gasteiger partial charge in [0.1, 0.15) is 5.69 Å². The van der Waals surface area contributed by atoms with Crippen LogP contribution in [0.3, 0.4) is 0 Å². The number of carbonyl (C=O) groups is 1. The van der Waals surface area contributed by atoms with Crippen molar-refractivity contribution in [2.75, 3.05) is 5.32 Å². The summed E-state index contributed by atoms with van der Waals surface area (Å²) in [5, 5.41) is 12.1. The van der Waals surface area contributed by atoms with Gasteiger partial charge in [0.15, 0.2) is 0 Å². The molecule has 0 aliphatic heterocycles. The van der Waals surface area contributed by atoms with Gasteiger partial charge in [-0.15, -0.1) is 0 Å². The van der Waals surface area contributed by atoms with Crippen molar-refractivity contribution in [2.45, 2.75) is 39.2 Å². The second-order valence-electron chi connectivity index (χ2n) is 7.49. The van der Waals surface area contributed by atoms with E-state index in [0.717, 1.165) is 36.2 Å². The molecule has 0 atom stereocenters. The number of aryl methyl sites for hydroxylation is 2. The average molecular weight is 387 g/mol. The summed E-state index contributed by atoms with van der Waals surface area (Å²) in [6, 6.07) is 9.87. The third-order valence-corrected chi connectivity index (χ3v) is 5.25. The molecule has 0 saturated heterocycles. The number of fused-ring (bicyclic) bond motifs is 1. The van der Waals surface area contributed by atoms with Crippen molar-refractivity contribution < 1.29 is 9.32 Å². The van der Waals surface area contributed by atoms with Crippen molar-refractivity contribution >= 4 is 22.7 Å². The van der Waals surface area contributed by atoms with Crippen LogP contribution >= 0.6 is 0 Å². The molecule has 1 aromatic carbocycles. The lowest BCUT2D eigenvalue weighted by Gasteiger charge is -2.07. The Morgan fingerprint density at radius 3 is 2.76 bits per heavy atom. The summed E-state index contributed by atoms with van der Waals surface area (Å²) in [7, 11) is 0. The Labute approximate surface area is 167 Å². The summed E-state index contributed by atoms with van der Waals surface area (Å²) in [4.78, 5) is 17.9. The van der Waals surface area contributed by atoms with E-state index in [0.29, 0.717) is 34.0 Å². The van der Waals surface area contributed by atoms with Gasteiger partial charge in [0.2, 0.25) is 0 Å². The van der Waals surface area contributed by atoms with E-state index in [4.69, 9.17) is 4.52 Å². The Bertz CT molecular complexity index is 1200. The molecule has 3 heterocycles. The molecule has 7 nitrogen and oxygen atoms in total. The van der Waals surface area contributed by atoms with E-state index in [9.17, 15) is 4.79 Å². The van der Waals surface area contributed by atoms with Gasteiger partial charge in [-0.2, -0.15) is 5.10 Å². The highest BCUT2D eigenvalue weighted by atomic mass is 16.5. The number of amides is 1. The molecular formula is C22H21N5O2. The first-order valence-corrected chi connectivity index (χ1v) is 9.83. The van der Waals surface area contributed by atoms with Crippen LogP contribution in [-0.4, -0.2) is 25.8 Å². The summed E-state index contributed by atoms with van der Waals surface area (Å²) in [5.74, 6) is 0.174. The van der Waals surface area contributed by atoms with E-state index in [1.807, 2.05) is 50.4 Å². The fourth-order valence-corrected chi connectivity index (χ4v) is 3.45. The Hall–Kier alpha value is -3.48. The third kappa shape index (κ3) is 3.29. The normalized spacial score (nSPS) is 13.7. The molecule has 1 N–H and O–H groups in total. The van der Waals surface area contributed by atoms with Gasteiger partial charge in [0.25, 0.3) is 11.6 Å².